The number of rotatable bonds is 5. The molecule has 0 unspecified atom stereocenters. The topological polar surface area (TPSA) is 38.3 Å². The molecule has 27 heavy (non-hydrogen) atoms. The van der Waals surface area contributed by atoms with Crippen LogP contribution in [0.2, 0.25) is 0 Å². The zero-order valence-corrected chi connectivity index (χ0v) is 15.7. The number of hydrogen-bond donors (Lipinski definition) is 1. The average molecular weight is 359 g/mol. The van der Waals surface area contributed by atoms with Crippen molar-refractivity contribution in [2.45, 2.75) is 38.0 Å². The molecule has 0 saturated heterocycles. The molecule has 0 atom stereocenters. The molecule has 3 aromatic carbocycles. The number of carbonyl (C=O) groups is 1. The van der Waals surface area contributed by atoms with Crippen molar-refractivity contribution in [1.29, 1.82) is 0 Å². The quantitative estimate of drug-likeness (QED) is 0.635. The van der Waals surface area contributed by atoms with Gasteiger partial charge in [0.2, 0.25) is 5.91 Å². The first-order valence-corrected chi connectivity index (χ1v) is 9.76. The van der Waals surface area contributed by atoms with E-state index in [0.717, 1.165) is 53.5 Å². The van der Waals surface area contributed by atoms with Crippen LogP contribution in [0.3, 0.4) is 0 Å². The molecule has 3 nitrogen and oxygen atoms in total. The number of carbonyl (C=O) groups excluding carboxylic acids is 1. The van der Waals surface area contributed by atoms with Crippen molar-refractivity contribution in [3.8, 4) is 5.75 Å². The first-order chi connectivity index (χ1) is 13.2. The van der Waals surface area contributed by atoms with Crippen molar-refractivity contribution >= 4 is 22.4 Å². The summed E-state index contributed by atoms with van der Waals surface area (Å²) < 4.78 is 5.76. The summed E-state index contributed by atoms with van der Waals surface area (Å²) in [6.07, 6.45) is 3.98. The number of anilines is 1. The Labute approximate surface area is 160 Å². The van der Waals surface area contributed by atoms with Gasteiger partial charge in [-0.25, -0.2) is 0 Å². The highest BCUT2D eigenvalue weighted by Gasteiger charge is 2.42. The molecule has 3 heteroatoms. The molecule has 0 aliphatic heterocycles. The molecular formula is C24H25NO2. The van der Waals surface area contributed by atoms with Crippen molar-refractivity contribution in [2.75, 3.05) is 11.9 Å². The molecule has 1 fully saturated rings. The van der Waals surface area contributed by atoms with Gasteiger partial charge < -0.3 is 10.1 Å². The van der Waals surface area contributed by atoms with Crippen LogP contribution in [0.5, 0.6) is 5.75 Å². The number of nitrogens with one attached hydrogen (secondary N) is 1. The van der Waals surface area contributed by atoms with Crippen LogP contribution < -0.4 is 10.1 Å². The van der Waals surface area contributed by atoms with E-state index in [0.29, 0.717) is 6.61 Å². The van der Waals surface area contributed by atoms with E-state index in [9.17, 15) is 4.79 Å². The largest absolute Gasteiger partial charge is 0.493 e. The highest BCUT2D eigenvalue weighted by molar-refractivity contribution is 6.07. The Balaban J connectivity index is 1.71. The third kappa shape index (κ3) is 3.18. The highest BCUT2D eigenvalue weighted by atomic mass is 16.5. The van der Waals surface area contributed by atoms with Crippen molar-refractivity contribution in [3.05, 3.63) is 72.3 Å². The van der Waals surface area contributed by atoms with Gasteiger partial charge in [-0.1, -0.05) is 67.4 Å². The summed E-state index contributed by atoms with van der Waals surface area (Å²) in [6, 6.07) is 22.2. The summed E-state index contributed by atoms with van der Waals surface area (Å²) in [7, 11) is 0. The van der Waals surface area contributed by atoms with E-state index in [2.05, 4.69) is 17.4 Å². The summed E-state index contributed by atoms with van der Waals surface area (Å²) in [5.41, 5.74) is 1.54. The minimum absolute atomic E-state index is 0.0977. The van der Waals surface area contributed by atoms with Gasteiger partial charge in [-0.15, -0.1) is 0 Å². The highest BCUT2D eigenvalue weighted by Crippen LogP contribution is 2.42. The molecule has 0 heterocycles. The molecule has 1 saturated carbocycles. The lowest BCUT2D eigenvalue weighted by molar-refractivity contribution is -0.121. The summed E-state index contributed by atoms with van der Waals surface area (Å²) in [4.78, 5) is 13.4. The average Bonchev–Trinajstić information content (AvgIpc) is 3.22. The normalized spacial score (nSPS) is 15.6. The van der Waals surface area contributed by atoms with Crippen molar-refractivity contribution in [3.63, 3.8) is 0 Å². The first kappa shape index (κ1) is 17.6. The molecule has 1 N–H and O–H groups in total. The summed E-state index contributed by atoms with van der Waals surface area (Å²) in [6.45, 7) is 2.60. The Morgan fingerprint density at radius 1 is 0.926 bits per heavy atom. The van der Waals surface area contributed by atoms with E-state index in [1.54, 1.807) is 0 Å². The number of fused-ring (bicyclic) bond motifs is 1. The van der Waals surface area contributed by atoms with Gasteiger partial charge in [-0.2, -0.15) is 0 Å². The fraction of sp³-hybridized carbons (Fsp3) is 0.292. The third-order valence-electron chi connectivity index (χ3n) is 5.65. The Bertz CT molecular complexity index is 943. The Hall–Kier alpha value is -2.81. The van der Waals surface area contributed by atoms with E-state index in [4.69, 9.17) is 4.74 Å². The molecule has 1 aliphatic rings. The third-order valence-corrected chi connectivity index (χ3v) is 5.65. The first-order valence-electron chi connectivity index (χ1n) is 9.76. The van der Waals surface area contributed by atoms with Crippen molar-refractivity contribution in [1.82, 2.24) is 0 Å². The van der Waals surface area contributed by atoms with Crippen LogP contribution in [0.1, 0.15) is 38.2 Å². The van der Waals surface area contributed by atoms with Gasteiger partial charge in [0.15, 0.2) is 0 Å². The fourth-order valence-corrected chi connectivity index (χ4v) is 4.29. The van der Waals surface area contributed by atoms with Crippen LogP contribution in [0.15, 0.2) is 66.7 Å². The van der Waals surface area contributed by atoms with Gasteiger partial charge in [0.05, 0.1) is 12.0 Å². The van der Waals surface area contributed by atoms with E-state index in [1.807, 2.05) is 61.5 Å². The lowest BCUT2D eigenvalue weighted by Gasteiger charge is -2.28. The smallest absolute Gasteiger partial charge is 0.235 e. The Kier molecular flexibility index (Phi) is 4.85. The van der Waals surface area contributed by atoms with Crippen LogP contribution >= 0.6 is 0 Å². The van der Waals surface area contributed by atoms with Gasteiger partial charge in [0.25, 0.3) is 0 Å². The van der Waals surface area contributed by atoms with Gasteiger partial charge in [0, 0.05) is 16.5 Å². The van der Waals surface area contributed by atoms with Crippen LogP contribution in [0.4, 0.5) is 5.69 Å². The number of ether oxygens (including phenoxy) is 1. The van der Waals surface area contributed by atoms with Gasteiger partial charge in [-0.3, -0.25) is 4.79 Å². The SMILES string of the molecule is CCOc1ccc(NC(=O)C2(c3ccccc3)CCCC2)c2ccccc12. The lowest BCUT2D eigenvalue weighted by Crippen LogP contribution is -2.38. The molecule has 0 aromatic heterocycles. The molecule has 0 spiro atoms. The van der Waals surface area contributed by atoms with Crippen LogP contribution in [-0.2, 0) is 10.2 Å². The molecule has 0 bridgehead atoms. The lowest BCUT2D eigenvalue weighted by atomic mass is 9.78. The van der Waals surface area contributed by atoms with E-state index in [-0.39, 0.29) is 5.91 Å². The van der Waals surface area contributed by atoms with Gasteiger partial charge in [0.1, 0.15) is 5.75 Å². The predicted octanol–water partition coefficient (Wildman–Crippen LogP) is 5.69. The molecule has 3 aromatic rings. The minimum atomic E-state index is -0.430. The molecule has 1 aliphatic carbocycles. The Morgan fingerprint density at radius 3 is 2.30 bits per heavy atom. The number of amides is 1. The summed E-state index contributed by atoms with van der Waals surface area (Å²) >= 11 is 0. The monoisotopic (exact) mass is 359 g/mol. The number of benzene rings is 3. The number of hydrogen-bond acceptors (Lipinski definition) is 2. The maximum Gasteiger partial charge on any atom is 0.235 e. The zero-order valence-electron chi connectivity index (χ0n) is 15.7. The standard InChI is InChI=1S/C24H25NO2/c1-2-27-22-15-14-21(19-12-6-7-13-20(19)22)25-23(26)24(16-8-9-17-24)18-10-4-3-5-11-18/h3-7,10-15H,2,8-9,16-17H2,1H3,(H,25,26). The predicted molar refractivity (Wildman–Crippen MR) is 110 cm³/mol. The van der Waals surface area contributed by atoms with E-state index >= 15 is 0 Å². The molecule has 1 amide bonds. The fourth-order valence-electron chi connectivity index (χ4n) is 4.29. The van der Waals surface area contributed by atoms with Gasteiger partial charge >= 0.3 is 0 Å². The second-order valence-corrected chi connectivity index (χ2v) is 7.20. The maximum atomic E-state index is 13.4. The Morgan fingerprint density at radius 2 is 1.59 bits per heavy atom. The van der Waals surface area contributed by atoms with Crippen LogP contribution in [0, 0.1) is 0 Å². The van der Waals surface area contributed by atoms with E-state index in [1.165, 1.54) is 0 Å². The minimum Gasteiger partial charge on any atom is -0.493 e. The second-order valence-electron chi connectivity index (χ2n) is 7.20. The molecule has 0 radical (unpaired) electrons. The second kappa shape index (κ2) is 7.43. The summed E-state index contributed by atoms with van der Waals surface area (Å²) in [5.74, 6) is 0.949. The maximum absolute atomic E-state index is 13.4. The summed E-state index contributed by atoms with van der Waals surface area (Å²) in [5, 5.41) is 5.28. The zero-order chi connectivity index (χ0) is 18.7. The van der Waals surface area contributed by atoms with Crippen molar-refractivity contribution < 1.29 is 9.53 Å². The van der Waals surface area contributed by atoms with Crippen LogP contribution in [-0.4, -0.2) is 12.5 Å². The van der Waals surface area contributed by atoms with E-state index < -0.39 is 5.41 Å². The van der Waals surface area contributed by atoms with Gasteiger partial charge in [-0.05, 0) is 37.5 Å². The van der Waals surface area contributed by atoms with Crippen molar-refractivity contribution in [2.24, 2.45) is 0 Å². The molecular weight excluding hydrogens is 334 g/mol. The molecule has 4 rings (SSSR count). The molecule has 138 valence electrons. The van der Waals surface area contributed by atoms with Crippen LogP contribution in [0.25, 0.3) is 10.8 Å².